The van der Waals surface area contributed by atoms with Crippen LogP contribution >= 0.6 is 23.4 Å². The second kappa shape index (κ2) is 8.54. The standard InChI is InChI=1S/C19H15ClN4O4S/c1-25-13-6-7-14(15(9-13)26-2)18-22-23-19(27-18)29-10-16-21-17(24-28-16)11-4-3-5-12(20)8-11/h3-9H,10H2,1-2H3. The van der Waals surface area contributed by atoms with Crippen LogP contribution in [0.4, 0.5) is 0 Å². The molecule has 0 aliphatic carbocycles. The SMILES string of the molecule is COc1ccc(-c2nnc(SCc3nc(-c4cccc(Cl)c4)no3)o2)c(OC)c1. The topological polar surface area (TPSA) is 96.3 Å². The van der Waals surface area contributed by atoms with E-state index in [4.69, 9.17) is 30.0 Å². The highest BCUT2D eigenvalue weighted by Gasteiger charge is 2.16. The highest BCUT2D eigenvalue weighted by atomic mass is 35.5. The van der Waals surface area contributed by atoms with E-state index >= 15 is 0 Å². The van der Waals surface area contributed by atoms with Gasteiger partial charge < -0.3 is 18.4 Å². The van der Waals surface area contributed by atoms with Crippen molar-refractivity contribution in [2.45, 2.75) is 11.0 Å². The molecule has 0 saturated heterocycles. The summed E-state index contributed by atoms with van der Waals surface area (Å²) < 4.78 is 21.6. The van der Waals surface area contributed by atoms with Gasteiger partial charge in [0.15, 0.2) is 0 Å². The van der Waals surface area contributed by atoms with E-state index in [1.807, 2.05) is 12.1 Å². The molecule has 0 radical (unpaired) electrons. The summed E-state index contributed by atoms with van der Waals surface area (Å²) in [5.41, 5.74) is 1.46. The minimum atomic E-state index is 0.345. The van der Waals surface area contributed by atoms with Crippen LogP contribution in [0.2, 0.25) is 5.02 Å². The highest BCUT2D eigenvalue weighted by Crippen LogP contribution is 2.34. The van der Waals surface area contributed by atoms with Crippen LogP contribution in [0.1, 0.15) is 5.89 Å². The second-order valence-corrected chi connectivity index (χ2v) is 7.11. The minimum absolute atomic E-state index is 0.345. The fraction of sp³-hybridized carbons (Fsp3) is 0.158. The van der Waals surface area contributed by atoms with Crippen LogP contribution in [-0.2, 0) is 5.75 Å². The summed E-state index contributed by atoms with van der Waals surface area (Å²) in [5.74, 6) is 2.88. The molecule has 4 rings (SSSR count). The van der Waals surface area contributed by atoms with Crippen molar-refractivity contribution >= 4 is 23.4 Å². The lowest BCUT2D eigenvalue weighted by Gasteiger charge is -2.07. The number of hydrogen-bond acceptors (Lipinski definition) is 9. The number of methoxy groups -OCH3 is 2. The molecule has 8 nitrogen and oxygen atoms in total. The summed E-state index contributed by atoms with van der Waals surface area (Å²) in [7, 11) is 3.16. The summed E-state index contributed by atoms with van der Waals surface area (Å²) in [6.45, 7) is 0. The molecule has 0 bridgehead atoms. The summed E-state index contributed by atoms with van der Waals surface area (Å²) in [6, 6.07) is 12.6. The van der Waals surface area contributed by atoms with Crippen molar-refractivity contribution in [3.8, 4) is 34.3 Å². The van der Waals surface area contributed by atoms with Gasteiger partial charge >= 0.3 is 0 Å². The molecule has 29 heavy (non-hydrogen) atoms. The van der Waals surface area contributed by atoms with Crippen LogP contribution in [-0.4, -0.2) is 34.6 Å². The summed E-state index contributed by atoms with van der Waals surface area (Å²) in [5, 5.41) is 13.1. The molecule has 4 aromatic rings. The molecule has 0 saturated carbocycles. The molecule has 2 aromatic heterocycles. The zero-order chi connectivity index (χ0) is 20.2. The fourth-order valence-electron chi connectivity index (χ4n) is 2.53. The van der Waals surface area contributed by atoms with E-state index in [0.717, 1.165) is 5.56 Å². The zero-order valence-corrected chi connectivity index (χ0v) is 17.0. The maximum atomic E-state index is 6.00. The van der Waals surface area contributed by atoms with E-state index in [0.29, 0.717) is 50.7 Å². The van der Waals surface area contributed by atoms with Gasteiger partial charge in [0.2, 0.25) is 11.7 Å². The number of ether oxygens (including phenoxy) is 2. The number of benzene rings is 2. The largest absolute Gasteiger partial charge is 0.497 e. The molecule has 0 amide bonds. The molecule has 0 spiro atoms. The van der Waals surface area contributed by atoms with E-state index in [9.17, 15) is 0 Å². The first-order chi connectivity index (χ1) is 14.2. The van der Waals surface area contributed by atoms with Gasteiger partial charge in [0, 0.05) is 16.7 Å². The molecule has 2 heterocycles. The molecule has 148 valence electrons. The van der Waals surface area contributed by atoms with E-state index in [1.165, 1.54) is 11.8 Å². The molecular formula is C19H15ClN4O4S. The molecular weight excluding hydrogens is 416 g/mol. The van der Waals surface area contributed by atoms with E-state index in [1.54, 1.807) is 44.6 Å². The van der Waals surface area contributed by atoms with Gasteiger partial charge in [0.05, 0.1) is 25.5 Å². The normalized spacial score (nSPS) is 10.9. The van der Waals surface area contributed by atoms with Crippen LogP contribution in [0.3, 0.4) is 0 Å². The average molecular weight is 431 g/mol. The van der Waals surface area contributed by atoms with Crippen molar-refractivity contribution in [1.29, 1.82) is 0 Å². The number of rotatable bonds is 7. The molecule has 10 heteroatoms. The van der Waals surface area contributed by atoms with Gasteiger partial charge in [-0.25, -0.2) is 0 Å². The quantitative estimate of drug-likeness (QED) is 0.384. The Morgan fingerprint density at radius 1 is 1.07 bits per heavy atom. The Bertz CT molecular complexity index is 1130. The Morgan fingerprint density at radius 2 is 1.97 bits per heavy atom. The monoisotopic (exact) mass is 430 g/mol. The Morgan fingerprint density at radius 3 is 2.76 bits per heavy atom. The Labute approximate surface area is 175 Å². The van der Waals surface area contributed by atoms with Crippen molar-refractivity contribution in [1.82, 2.24) is 20.3 Å². The van der Waals surface area contributed by atoms with Gasteiger partial charge in [-0.3, -0.25) is 0 Å². The molecule has 2 aromatic carbocycles. The van der Waals surface area contributed by atoms with Crippen molar-refractivity contribution < 1.29 is 18.4 Å². The van der Waals surface area contributed by atoms with Gasteiger partial charge in [0.25, 0.3) is 11.1 Å². The van der Waals surface area contributed by atoms with Crippen molar-refractivity contribution in [3.05, 3.63) is 53.4 Å². The molecule has 0 fully saturated rings. The number of thioether (sulfide) groups is 1. The third-order valence-corrected chi connectivity index (χ3v) is 4.95. The van der Waals surface area contributed by atoms with Gasteiger partial charge in [-0.15, -0.1) is 10.2 Å². The third kappa shape index (κ3) is 4.36. The van der Waals surface area contributed by atoms with Crippen LogP contribution in [0.5, 0.6) is 11.5 Å². The Hall–Kier alpha value is -3.04. The van der Waals surface area contributed by atoms with E-state index in [2.05, 4.69) is 20.3 Å². The lowest BCUT2D eigenvalue weighted by molar-refractivity contribution is 0.390. The first kappa shape index (κ1) is 19.3. The van der Waals surface area contributed by atoms with Gasteiger partial charge in [-0.2, -0.15) is 4.98 Å². The third-order valence-electron chi connectivity index (χ3n) is 3.92. The van der Waals surface area contributed by atoms with Crippen molar-refractivity contribution in [3.63, 3.8) is 0 Å². The molecule has 0 unspecified atom stereocenters. The highest BCUT2D eigenvalue weighted by molar-refractivity contribution is 7.98. The van der Waals surface area contributed by atoms with Gasteiger partial charge in [-0.1, -0.05) is 40.7 Å². The van der Waals surface area contributed by atoms with Crippen LogP contribution in [0.25, 0.3) is 22.8 Å². The molecule has 0 aliphatic heterocycles. The maximum absolute atomic E-state index is 6.00. The second-order valence-electron chi connectivity index (χ2n) is 5.75. The van der Waals surface area contributed by atoms with Gasteiger partial charge in [-0.05, 0) is 24.3 Å². The number of hydrogen-bond donors (Lipinski definition) is 0. The average Bonchev–Trinajstić information content (AvgIpc) is 3.41. The van der Waals surface area contributed by atoms with Crippen LogP contribution in [0, 0.1) is 0 Å². The Kier molecular flexibility index (Phi) is 5.68. The predicted molar refractivity (Wildman–Crippen MR) is 107 cm³/mol. The lowest BCUT2D eigenvalue weighted by Crippen LogP contribution is -1.90. The number of aromatic nitrogens is 4. The first-order valence-electron chi connectivity index (χ1n) is 8.43. The predicted octanol–water partition coefficient (Wildman–Crippen LogP) is 4.75. The van der Waals surface area contributed by atoms with Crippen molar-refractivity contribution in [2.75, 3.05) is 14.2 Å². The fourth-order valence-corrected chi connectivity index (χ4v) is 3.32. The molecule has 0 N–H and O–H groups in total. The first-order valence-corrected chi connectivity index (χ1v) is 9.80. The number of halogens is 1. The molecule has 0 atom stereocenters. The maximum Gasteiger partial charge on any atom is 0.277 e. The lowest BCUT2D eigenvalue weighted by atomic mass is 10.2. The summed E-state index contributed by atoms with van der Waals surface area (Å²) in [4.78, 5) is 4.37. The zero-order valence-electron chi connectivity index (χ0n) is 15.5. The Balaban J connectivity index is 1.45. The number of nitrogens with zero attached hydrogens (tertiary/aromatic N) is 4. The molecule has 0 aliphatic rings. The minimum Gasteiger partial charge on any atom is -0.497 e. The van der Waals surface area contributed by atoms with E-state index in [-0.39, 0.29) is 0 Å². The van der Waals surface area contributed by atoms with Crippen LogP contribution < -0.4 is 9.47 Å². The van der Waals surface area contributed by atoms with Crippen LogP contribution in [0.15, 0.2) is 56.6 Å². The smallest absolute Gasteiger partial charge is 0.277 e. The summed E-state index contributed by atoms with van der Waals surface area (Å²) >= 11 is 7.29. The summed E-state index contributed by atoms with van der Waals surface area (Å²) in [6.07, 6.45) is 0. The van der Waals surface area contributed by atoms with Gasteiger partial charge in [0.1, 0.15) is 11.5 Å². The van der Waals surface area contributed by atoms with E-state index < -0.39 is 0 Å². The van der Waals surface area contributed by atoms with Crippen molar-refractivity contribution in [2.24, 2.45) is 0 Å².